The number of nitrogens with zero attached hydrogens (tertiary/aromatic N) is 1. The van der Waals surface area contributed by atoms with Crippen molar-refractivity contribution in [2.75, 3.05) is 19.8 Å². The molecule has 1 aromatic carbocycles. The van der Waals surface area contributed by atoms with Gasteiger partial charge in [-0.3, -0.25) is 0 Å². The van der Waals surface area contributed by atoms with Crippen LogP contribution in [0.2, 0.25) is 0 Å². The third-order valence-electron chi connectivity index (χ3n) is 11.9. The zero-order valence-electron chi connectivity index (χ0n) is 27.9. The first-order valence-electron chi connectivity index (χ1n) is 16.9. The standard InChI is InChI=1S/C36H48F5NO5/c1-22(2)18-47-42-17-23-6-8-24(9-7-23)26-16-31(5)27(12-15-34(31,44)35(37,38)36(39,40)41)25-10-13-32(43)19-33(14-11-28(32)29(25)26)45-20-30(3,4)21-46-33/h6-9,17,22,25-27,43-44H,10-16,18-21H2,1-5H3/t25-,26+,27-,31-,32+,34-/m0/s1. The van der Waals surface area contributed by atoms with Crippen LogP contribution in [0.15, 0.2) is 40.6 Å². The maximum absolute atomic E-state index is 15.3. The lowest BCUT2D eigenvalue weighted by Gasteiger charge is -2.59. The Morgan fingerprint density at radius 2 is 1.64 bits per heavy atom. The smallest absolute Gasteiger partial charge is 0.396 e. The highest BCUT2D eigenvalue weighted by Gasteiger charge is 2.79. The van der Waals surface area contributed by atoms with Crippen molar-refractivity contribution in [2.45, 2.75) is 121 Å². The summed E-state index contributed by atoms with van der Waals surface area (Å²) in [6.45, 7) is 11.0. The van der Waals surface area contributed by atoms with Crippen molar-refractivity contribution in [1.82, 2.24) is 0 Å². The normalized spacial score (nSPS) is 36.8. The third-order valence-corrected chi connectivity index (χ3v) is 11.9. The molecule has 6 rings (SSSR count). The number of ether oxygens (including phenoxy) is 2. The van der Waals surface area contributed by atoms with Crippen LogP contribution < -0.4 is 0 Å². The Morgan fingerprint density at radius 3 is 2.26 bits per heavy atom. The molecule has 0 amide bonds. The number of hydrogen-bond acceptors (Lipinski definition) is 6. The highest BCUT2D eigenvalue weighted by molar-refractivity contribution is 5.79. The minimum absolute atomic E-state index is 0.0439. The van der Waals surface area contributed by atoms with Crippen molar-refractivity contribution >= 4 is 6.21 Å². The molecule has 0 bridgehead atoms. The van der Waals surface area contributed by atoms with Crippen LogP contribution in [0, 0.1) is 28.6 Å². The average Bonchev–Trinajstić information content (AvgIpc) is 3.27. The van der Waals surface area contributed by atoms with Gasteiger partial charge in [-0.15, -0.1) is 0 Å². The van der Waals surface area contributed by atoms with Crippen LogP contribution in [0.25, 0.3) is 0 Å². The van der Waals surface area contributed by atoms with Crippen molar-refractivity contribution in [3.05, 3.63) is 46.5 Å². The van der Waals surface area contributed by atoms with E-state index in [4.69, 9.17) is 14.3 Å². The Hall–Kier alpha value is -2.08. The highest BCUT2D eigenvalue weighted by atomic mass is 19.4. The van der Waals surface area contributed by atoms with E-state index in [0.717, 1.165) is 22.3 Å². The van der Waals surface area contributed by atoms with Crippen LogP contribution in [0.5, 0.6) is 0 Å². The van der Waals surface area contributed by atoms with Crippen LogP contribution in [0.1, 0.15) is 103 Å². The van der Waals surface area contributed by atoms with Gasteiger partial charge in [-0.1, -0.05) is 69.6 Å². The van der Waals surface area contributed by atoms with Crippen molar-refractivity contribution in [3.8, 4) is 0 Å². The topological polar surface area (TPSA) is 80.5 Å². The summed E-state index contributed by atoms with van der Waals surface area (Å²) in [7, 11) is 0. The predicted octanol–water partition coefficient (Wildman–Crippen LogP) is 7.92. The van der Waals surface area contributed by atoms with E-state index < -0.39 is 52.8 Å². The molecule has 5 aliphatic rings. The van der Waals surface area contributed by atoms with Gasteiger partial charge in [-0.05, 0) is 73.0 Å². The number of allylic oxidation sites excluding steroid dienone is 1. The first-order chi connectivity index (χ1) is 21.8. The van der Waals surface area contributed by atoms with E-state index in [1.165, 1.54) is 6.92 Å². The molecule has 11 heteroatoms. The van der Waals surface area contributed by atoms with E-state index in [0.29, 0.717) is 51.4 Å². The fourth-order valence-corrected chi connectivity index (χ4v) is 9.41. The first kappa shape index (κ1) is 34.8. The molecule has 6 nitrogen and oxygen atoms in total. The molecule has 1 saturated heterocycles. The molecule has 3 saturated carbocycles. The van der Waals surface area contributed by atoms with Gasteiger partial charge < -0.3 is 24.5 Å². The molecular formula is C36H48F5NO5. The quantitative estimate of drug-likeness (QED) is 0.139. The summed E-state index contributed by atoms with van der Waals surface area (Å²) >= 11 is 0. The second-order valence-electron chi connectivity index (χ2n) is 16.3. The minimum atomic E-state index is -5.90. The third kappa shape index (κ3) is 5.65. The van der Waals surface area contributed by atoms with Crippen molar-refractivity contribution in [2.24, 2.45) is 33.7 Å². The number of alkyl halides is 5. The van der Waals surface area contributed by atoms with Gasteiger partial charge in [0.2, 0.25) is 0 Å². The van der Waals surface area contributed by atoms with Crippen molar-refractivity contribution < 1.29 is 46.5 Å². The van der Waals surface area contributed by atoms with Crippen LogP contribution in [-0.2, 0) is 14.3 Å². The van der Waals surface area contributed by atoms with E-state index in [9.17, 15) is 23.4 Å². The molecular weight excluding hydrogens is 621 g/mol. The summed E-state index contributed by atoms with van der Waals surface area (Å²) in [5.74, 6) is -7.46. The Morgan fingerprint density at radius 1 is 0.979 bits per heavy atom. The summed E-state index contributed by atoms with van der Waals surface area (Å²) in [5, 5.41) is 27.9. The van der Waals surface area contributed by atoms with E-state index in [1.807, 2.05) is 38.1 Å². The molecule has 4 aliphatic carbocycles. The molecule has 0 aromatic heterocycles. The molecule has 1 heterocycles. The summed E-state index contributed by atoms with van der Waals surface area (Å²) in [4.78, 5) is 5.31. The Kier molecular flexibility index (Phi) is 8.50. The molecule has 2 N–H and O–H groups in total. The highest BCUT2D eigenvalue weighted by Crippen LogP contribution is 2.71. The molecule has 0 unspecified atom stereocenters. The number of fused-ring (bicyclic) bond motifs is 4. The SMILES string of the molecule is CC(C)CON=Cc1ccc([C@H]2C[C@@]3(C)[C@@H](CC[C@@]3(O)C(F)(F)C(F)(F)F)[C@@H]3CC[C@@]4(O)CC5(CCC4=C32)OCC(C)(C)CO5)cc1. The van der Waals surface area contributed by atoms with E-state index in [-0.39, 0.29) is 30.6 Å². The van der Waals surface area contributed by atoms with Crippen LogP contribution in [0.4, 0.5) is 22.0 Å². The van der Waals surface area contributed by atoms with Crippen LogP contribution >= 0.6 is 0 Å². The Bertz CT molecular complexity index is 1400. The first-order valence-corrected chi connectivity index (χ1v) is 16.9. The molecule has 4 fully saturated rings. The number of oxime groups is 1. The second kappa shape index (κ2) is 11.5. The number of halogens is 5. The van der Waals surface area contributed by atoms with Gasteiger partial charge in [0.1, 0.15) is 12.2 Å². The van der Waals surface area contributed by atoms with Gasteiger partial charge in [0.15, 0.2) is 5.79 Å². The molecule has 1 spiro atoms. The van der Waals surface area contributed by atoms with E-state index >= 15 is 8.78 Å². The maximum Gasteiger partial charge on any atom is 0.456 e. The summed E-state index contributed by atoms with van der Waals surface area (Å²) in [6.07, 6.45) is -3.12. The van der Waals surface area contributed by atoms with Gasteiger partial charge in [-0.2, -0.15) is 22.0 Å². The summed E-state index contributed by atoms with van der Waals surface area (Å²) in [6, 6.07) is 7.31. The van der Waals surface area contributed by atoms with E-state index in [1.54, 1.807) is 6.21 Å². The fourth-order valence-electron chi connectivity index (χ4n) is 9.41. The second-order valence-corrected chi connectivity index (χ2v) is 16.3. The van der Waals surface area contributed by atoms with Gasteiger partial charge in [0, 0.05) is 29.6 Å². The van der Waals surface area contributed by atoms with Crippen LogP contribution in [0.3, 0.4) is 0 Å². The van der Waals surface area contributed by atoms with Gasteiger partial charge in [0.05, 0.1) is 25.0 Å². The summed E-state index contributed by atoms with van der Waals surface area (Å²) < 4.78 is 85.0. The monoisotopic (exact) mass is 669 g/mol. The number of rotatable bonds is 6. The number of benzene rings is 1. The fraction of sp³-hybridized carbons (Fsp3) is 0.750. The number of hydrogen-bond donors (Lipinski definition) is 2. The zero-order valence-corrected chi connectivity index (χ0v) is 27.9. The predicted molar refractivity (Wildman–Crippen MR) is 166 cm³/mol. The average molecular weight is 670 g/mol. The van der Waals surface area contributed by atoms with Crippen molar-refractivity contribution in [3.63, 3.8) is 0 Å². The Labute approximate surface area is 273 Å². The minimum Gasteiger partial charge on any atom is -0.396 e. The number of aliphatic hydroxyl groups is 2. The Balaban J connectivity index is 1.41. The maximum atomic E-state index is 15.3. The lowest BCUT2D eigenvalue weighted by atomic mass is 9.49. The molecule has 6 atom stereocenters. The van der Waals surface area contributed by atoms with Gasteiger partial charge in [-0.25, -0.2) is 0 Å². The molecule has 1 aliphatic heterocycles. The zero-order chi connectivity index (χ0) is 34.3. The lowest BCUT2D eigenvalue weighted by Crippen LogP contribution is -2.65. The molecule has 0 radical (unpaired) electrons. The largest absolute Gasteiger partial charge is 0.456 e. The van der Waals surface area contributed by atoms with Gasteiger partial charge >= 0.3 is 12.1 Å². The lowest BCUT2D eigenvalue weighted by molar-refractivity contribution is -0.362. The van der Waals surface area contributed by atoms with Crippen LogP contribution in [-0.4, -0.2) is 65.3 Å². The molecule has 1 aromatic rings. The molecule has 47 heavy (non-hydrogen) atoms. The molecule has 262 valence electrons. The van der Waals surface area contributed by atoms with Gasteiger partial charge in [0.25, 0.3) is 0 Å². The summed E-state index contributed by atoms with van der Waals surface area (Å²) in [5.41, 5.74) is -3.19. The van der Waals surface area contributed by atoms with Crippen molar-refractivity contribution in [1.29, 1.82) is 0 Å². The van der Waals surface area contributed by atoms with E-state index in [2.05, 4.69) is 19.0 Å².